The lowest BCUT2D eigenvalue weighted by molar-refractivity contribution is 0.228. The number of benzene rings is 1. The van der Waals surface area contributed by atoms with E-state index in [1.807, 2.05) is 0 Å². The topological polar surface area (TPSA) is 44.0 Å². The molecule has 2 N–H and O–H groups in total. The number of piperazine rings is 1. The normalized spacial score (nSPS) is 16.5. The SMILES string of the molecule is Fc1cccc(-c2cnc(CN3CCNCC3)[nH]2)c1F. The van der Waals surface area contributed by atoms with Gasteiger partial charge in [0, 0.05) is 31.7 Å². The molecule has 2 heterocycles. The second-order valence-corrected chi connectivity index (χ2v) is 4.87. The quantitative estimate of drug-likeness (QED) is 0.899. The average molecular weight is 278 g/mol. The van der Waals surface area contributed by atoms with Crippen molar-refractivity contribution in [2.75, 3.05) is 26.2 Å². The van der Waals surface area contributed by atoms with Gasteiger partial charge in [-0.1, -0.05) is 6.07 Å². The van der Waals surface area contributed by atoms with E-state index >= 15 is 0 Å². The molecule has 1 aromatic carbocycles. The van der Waals surface area contributed by atoms with Crippen LogP contribution in [0.2, 0.25) is 0 Å². The van der Waals surface area contributed by atoms with Gasteiger partial charge < -0.3 is 10.3 Å². The van der Waals surface area contributed by atoms with Gasteiger partial charge in [0.05, 0.1) is 18.4 Å². The number of H-pyrrole nitrogens is 1. The molecule has 0 amide bonds. The molecule has 0 saturated carbocycles. The average Bonchev–Trinajstić information content (AvgIpc) is 2.91. The molecule has 1 fully saturated rings. The van der Waals surface area contributed by atoms with Crippen LogP contribution in [0.1, 0.15) is 5.82 Å². The fraction of sp³-hybridized carbons (Fsp3) is 0.357. The van der Waals surface area contributed by atoms with Crippen molar-refractivity contribution >= 4 is 0 Å². The summed E-state index contributed by atoms with van der Waals surface area (Å²) < 4.78 is 26.9. The third kappa shape index (κ3) is 2.71. The van der Waals surface area contributed by atoms with E-state index in [1.54, 1.807) is 12.3 Å². The van der Waals surface area contributed by atoms with Crippen LogP contribution in [0.4, 0.5) is 8.78 Å². The predicted molar refractivity (Wildman–Crippen MR) is 72.1 cm³/mol. The number of aromatic nitrogens is 2. The Kier molecular flexibility index (Phi) is 3.75. The van der Waals surface area contributed by atoms with Crippen molar-refractivity contribution in [1.29, 1.82) is 0 Å². The van der Waals surface area contributed by atoms with Gasteiger partial charge in [-0.25, -0.2) is 13.8 Å². The first kappa shape index (κ1) is 13.2. The van der Waals surface area contributed by atoms with Crippen LogP contribution in [0.25, 0.3) is 11.3 Å². The fourth-order valence-corrected chi connectivity index (χ4v) is 2.37. The molecule has 0 aliphatic carbocycles. The van der Waals surface area contributed by atoms with Gasteiger partial charge in [0.1, 0.15) is 5.82 Å². The van der Waals surface area contributed by atoms with E-state index in [4.69, 9.17) is 0 Å². The maximum Gasteiger partial charge on any atom is 0.168 e. The summed E-state index contributed by atoms with van der Waals surface area (Å²) in [5.41, 5.74) is 0.719. The molecule has 0 spiro atoms. The zero-order valence-corrected chi connectivity index (χ0v) is 11.0. The molecule has 4 nitrogen and oxygen atoms in total. The minimum absolute atomic E-state index is 0.212. The van der Waals surface area contributed by atoms with Crippen LogP contribution in [0.3, 0.4) is 0 Å². The summed E-state index contributed by atoms with van der Waals surface area (Å²) in [6, 6.07) is 4.14. The van der Waals surface area contributed by atoms with Crippen LogP contribution in [0.5, 0.6) is 0 Å². The van der Waals surface area contributed by atoms with Gasteiger partial charge in [-0.2, -0.15) is 0 Å². The maximum absolute atomic E-state index is 13.7. The highest BCUT2D eigenvalue weighted by atomic mass is 19.2. The van der Waals surface area contributed by atoms with Crippen molar-refractivity contribution in [3.05, 3.63) is 41.9 Å². The summed E-state index contributed by atoms with van der Waals surface area (Å²) >= 11 is 0. The first-order valence-electron chi connectivity index (χ1n) is 6.65. The predicted octanol–water partition coefficient (Wildman–Crippen LogP) is 1.76. The fourth-order valence-electron chi connectivity index (χ4n) is 2.37. The van der Waals surface area contributed by atoms with Crippen molar-refractivity contribution in [1.82, 2.24) is 20.2 Å². The first-order valence-corrected chi connectivity index (χ1v) is 6.65. The van der Waals surface area contributed by atoms with Crippen LogP contribution in [0.15, 0.2) is 24.4 Å². The maximum atomic E-state index is 13.7. The molecule has 106 valence electrons. The summed E-state index contributed by atoms with van der Waals surface area (Å²) in [5.74, 6) is -0.920. The van der Waals surface area contributed by atoms with Crippen LogP contribution in [-0.2, 0) is 6.54 Å². The van der Waals surface area contributed by atoms with E-state index < -0.39 is 11.6 Å². The summed E-state index contributed by atoms with van der Waals surface area (Å²) in [6.07, 6.45) is 1.55. The molecular formula is C14H16F2N4. The standard InChI is InChI=1S/C14H16F2N4/c15-11-3-1-2-10(14(11)16)12-8-18-13(19-12)9-20-6-4-17-5-7-20/h1-3,8,17H,4-7,9H2,(H,18,19). The Balaban J connectivity index is 1.77. The lowest BCUT2D eigenvalue weighted by atomic mass is 10.1. The molecule has 0 atom stereocenters. The highest BCUT2D eigenvalue weighted by Gasteiger charge is 2.14. The van der Waals surface area contributed by atoms with E-state index in [0.29, 0.717) is 12.2 Å². The summed E-state index contributed by atoms with van der Waals surface area (Å²) in [6.45, 7) is 4.55. The Hall–Kier alpha value is -1.79. The van der Waals surface area contributed by atoms with Crippen molar-refractivity contribution in [2.24, 2.45) is 0 Å². The van der Waals surface area contributed by atoms with Gasteiger partial charge in [0.25, 0.3) is 0 Å². The molecule has 1 aliphatic rings. The van der Waals surface area contributed by atoms with Gasteiger partial charge in [-0.05, 0) is 12.1 Å². The number of nitrogens with zero attached hydrogens (tertiary/aromatic N) is 2. The Morgan fingerprint density at radius 3 is 2.80 bits per heavy atom. The smallest absolute Gasteiger partial charge is 0.168 e. The minimum Gasteiger partial charge on any atom is -0.341 e. The van der Waals surface area contributed by atoms with Crippen LogP contribution in [-0.4, -0.2) is 41.0 Å². The lowest BCUT2D eigenvalue weighted by Gasteiger charge is -2.26. The Bertz CT molecular complexity index is 591. The molecule has 1 saturated heterocycles. The van der Waals surface area contributed by atoms with E-state index in [1.165, 1.54) is 6.07 Å². The van der Waals surface area contributed by atoms with Gasteiger partial charge in [0.2, 0.25) is 0 Å². The molecular weight excluding hydrogens is 262 g/mol. The second kappa shape index (κ2) is 5.68. The highest BCUT2D eigenvalue weighted by Crippen LogP contribution is 2.22. The number of aromatic amines is 1. The number of hydrogen-bond acceptors (Lipinski definition) is 3. The van der Waals surface area contributed by atoms with E-state index in [0.717, 1.165) is 38.1 Å². The number of halogens is 2. The zero-order valence-electron chi connectivity index (χ0n) is 11.0. The third-order valence-corrected chi connectivity index (χ3v) is 3.45. The molecule has 0 unspecified atom stereocenters. The van der Waals surface area contributed by atoms with E-state index in [-0.39, 0.29) is 5.56 Å². The molecule has 1 aliphatic heterocycles. The summed E-state index contributed by atoms with van der Waals surface area (Å²) in [7, 11) is 0. The second-order valence-electron chi connectivity index (χ2n) is 4.87. The van der Waals surface area contributed by atoms with Crippen molar-refractivity contribution in [3.8, 4) is 11.3 Å². The Morgan fingerprint density at radius 1 is 1.20 bits per heavy atom. The van der Waals surface area contributed by atoms with Crippen LogP contribution in [0, 0.1) is 11.6 Å². The number of imidazole rings is 1. The Labute approximate surface area is 115 Å². The molecule has 3 rings (SSSR count). The van der Waals surface area contributed by atoms with Crippen molar-refractivity contribution in [2.45, 2.75) is 6.54 Å². The van der Waals surface area contributed by atoms with Crippen molar-refractivity contribution in [3.63, 3.8) is 0 Å². The minimum atomic E-state index is -0.847. The number of rotatable bonds is 3. The molecule has 20 heavy (non-hydrogen) atoms. The number of hydrogen-bond donors (Lipinski definition) is 2. The van der Waals surface area contributed by atoms with Crippen LogP contribution < -0.4 is 5.32 Å². The first-order chi connectivity index (χ1) is 9.74. The monoisotopic (exact) mass is 278 g/mol. The molecule has 2 aromatic rings. The molecule has 1 aromatic heterocycles. The molecule has 0 radical (unpaired) electrons. The summed E-state index contributed by atoms with van der Waals surface area (Å²) in [5, 5.41) is 3.28. The highest BCUT2D eigenvalue weighted by molar-refractivity contribution is 5.59. The molecule has 0 bridgehead atoms. The van der Waals surface area contributed by atoms with E-state index in [2.05, 4.69) is 20.2 Å². The summed E-state index contributed by atoms with van der Waals surface area (Å²) in [4.78, 5) is 9.58. The van der Waals surface area contributed by atoms with Gasteiger partial charge in [-0.15, -0.1) is 0 Å². The Morgan fingerprint density at radius 2 is 2.00 bits per heavy atom. The van der Waals surface area contributed by atoms with Gasteiger partial charge in [-0.3, -0.25) is 4.90 Å². The lowest BCUT2D eigenvalue weighted by Crippen LogP contribution is -2.43. The largest absolute Gasteiger partial charge is 0.341 e. The zero-order chi connectivity index (χ0) is 13.9. The van der Waals surface area contributed by atoms with E-state index in [9.17, 15) is 8.78 Å². The van der Waals surface area contributed by atoms with Gasteiger partial charge in [0.15, 0.2) is 11.6 Å². The van der Waals surface area contributed by atoms with Gasteiger partial charge >= 0.3 is 0 Å². The third-order valence-electron chi connectivity index (χ3n) is 3.45. The van der Waals surface area contributed by atoms with Crippen LogP contribution >= 0.6 is 0 Å². The molecule has 6 heteroatoms. The number of nitrogens with one attached hydrogen (secondary N) is 2. The van der Waals surface area contributed by atoms with Crippen molar-refractivity contribution < 1.29 is 8.78 Å².